The van der Waals surface area contributed by atoms with E-state index in [0.29, 0.717) is 0 Å². The van der Waals surface area contributed by atoms with E-state index in [1.807, 2.05) is 0 Å². The number of hydrogen-bond acceptors (Lipinski definition) is 7. The van der Waals surface area contributed by atoms with Gasteiger partial charge >= 0.3 is 5.97 Å². The minimum absolute atomic E-state index is 0.0953. The van der Waals surface area contributed by atoms with Gasteiger partial charge in [-0.25, -0.2) is 4.79 Å². The number of thiol groups is 1. The van der Waals surface area contributed by atoms with E-state index in [0.717, 1.165) is 0 Å². The molecule has 0 spiro atoms. The quantitative estimate of drug-likeness (QED) is 0.172. The summed E-state index contributed by atoms with van der Waals surface area (Å²) < 4.78 is 0. The molecule has 4 amide bonds. The van der Waals surface area contributed by atoms with Crippen LogP contribution in [0.2, 0.25) is 0 Å². The van der Waals surface area contributed by atoms with E-state index < -0.39 is 53.8 Å². The van der Waals surface area contributed by atoms with E-state index in [1.165, 1.54) is 0 Å². The van der Waals surface area contributed by atoms with Crippen LogP contribution in [0.25, 0.3) is 0 Å². The molecule has 0 heterocycles. The molecule has 0 aromatic heterocycles. The zero-order valence-electron chi connectivity index (χ0n) is 17.0. The molecule has 0 saturated heterocycles. The van der Waals surface area contributed by atoms with Crippen molar-refractivity contribution in [3.63, 3.8) is 0 Å². The maximum atomic E-state index is 12.6. The predicted octanol–water partition coefficient (Wildman–Crippen LogP) is -2.03. The maximum absolute atomic E-state index is 12.6. The number of carboxylic acid groups (broad SMARTS) is 1. The third kappa shape index (κ3) is 9.13. The zero-order chi connectivity index (χ0) is 22.9. The molecule has 0 rings (SSSR count). The Balaban J connectivity index is 5.17. The van der Waals surface area contributed by atoms with Gasteiger partial charge in [-0.05, 0) is 11.8 Å². The number of carboxylic acids is 1. The van der Waals surface area contributed by atoms with Crippen molar-refractivity contribution < 1.29 is 29.1 Å². The van der Waals surface area contributed by atoms with Crippen molar-refractivity contribution in [2.24, 2.45) is 23.3 Å². The molecule has 11 nitrogen and oxygen atoms in total. The van der Waals surface area contributed by atoms with Crippen LogP contribution >= 0.6 is 12.6 Å². The van der Waals surface area contributed by atoms with Gasteiger partial charge in [0.2, 0.25) is 23.6 Å². The van der Waals surface area contributed by atoms with Crippen molar-refractivity contribution >= 4 is 42.2 Å². The maximum Gasteiger partial charge on any atom is 0.326 e. The first-order valence-corrected chi connectivity index (χ1v) is 9.73. The van der Waals surface area contributed by atoms with E-state index >= 15 is 0 Å². The number of hydrogen-bond donors (Lipinski definition) is 7. The van der Waals surface area contributed by atoms with Crippen molar-refractivity contribution in [3.8, 4) is 0 Å². The molecule has 0 aliphatic carbocycles. The first kappa shape index (κ1) is 26.7. The third-order valence-electron chi connectivity index (χ3n) is 4.05. The van der Waals surface area contributed by atoms with Gasteiger partial charge in [0.25, 0.3) is 0 Å². The SMILES string of the molecule is CC(C)C(NC(=O)C(CS)NC(=O)C(NC(=O)C(N)CC(N)=O)C(C)C)C(=O)O. The fourth-order valence-corrected chi connectivity index (χ4v) is 2.58. The molecule has 0 saturated carbocycles. The van der Waals surface area contributed by atoms with Gasteiger partial charge in [0.1, 0.15) is 18.1 Å². The Bertz CT molecular complexity index is 627. The highest BCUT2D eigenvalue weighted by Gasteiger charge is 2.32. The number of nitrogens with one attached hydrogen (secondary N) is 3. The number of primary amides is 1. The van der Waals surface area contributed by atoms with Crippen LogP contribution in [0.5, 0.6) is 0 Å². The van der Waals surface area contributed by atoms with Crippen LogP contribution in [0.1, 0.15) is 34.1 Å². The van der Waals surface area contributed by atoms with Crippen LogP contribution in [0.4, 0.5) is 0 Å². The predicted molar refractivity (Wildman–Crippen MR) is 109 cm³/mol. The molecule has 29 heavy (non-hydrogen) atoms. The number of carbonyl (C=O) groups is 5. The molecule has 0 aliphatic rings. The minimum atomic E-state index is -1.21. The van der Waals surface area contributed by atoms with Crippen LogP contribution in [-0.4, -0.2) is 64.6 Å². The molecule has 8 N–H and O–H groups in total. The van der Waals surface area contributed by atoms with E-state index in [2.05, 4.69) is 28.6 Å². The number of carbonyl (C=O) groups excluding carboxylic acids is 4. The largest absolute Gasteiger partial charge is 0.480 e. The van der Waals surface area contributed by atoms with E-state index in [1.54, 1.807) is 27.7 Å². The second kappa shape index (κ2) is 12.3. The summed E-state index contributed by atoms with van der Waals surface area (Å²) in [7, 11) is 0. The highest BCUT2D eigenvalue weighted by atomic mass is 32.1. The molecule has 0 aliphatic heterocycles. The second-order valence-electron chi connectivity index (χ2n) is 7.32. The lowest BCUT2D eigenvalue weighted by Gasteiger charge is -2.26. The van der Waals surface area contributed by atoms with Crippen molar-refractivity contribution in [2.45, 2.75) is 58.3 Å². The van der Waals surface area contributed by atoms with Gasteiger partial charge in [0.15, 0.2) is 0 Å². The van der Waals surface area contributed by atoms with Crippen LogP contribution in [0.15, 0.2) is 0 Å². The number of nitrogens with two attached hydrogens (primary N) is 2. The number of rotatable bonds is 12. The van der Waals surface area contributed by atoms with Gasteiger partial charge in [-0.3, -0.25) is 19.2 Å². The van der Waals surface area contributed by atoms with Crippen molar-refractivity contribution in [3.05, 3.63) is 0 Å². The van der Waals surface area contributed by atoms with Gasteiger partial charge in [-0.15, -0.1) is 0 Å². The summed E-state index contributed by atoms with van der Waals surface area (Å²) in [6.07, 6.45) is -0.383. The van der Waals surface area contributed by atoms with Gasteiger partial charge < -0.3 is 32.5 Å². The standard InChI is InChI=1S/C17H31N5O6S/c1-7(2)12(21-14(24)9(18)5-11(19)23)16(26)20-10(6-29)15(25)22-13(8(3)4)17(27)28/h7-10,12-13,29H,5-6,18H2,1-4H3,(H2,19,23)(H,20,26)(H,21,24)(H,22,25)(H,27,28). The second-order valence-corrected chi connectivity index (χ2v) is 7.68. The fraction of sp³-hybridized carbons (Fsp3) is 0.706. The summed E-state index contributed by atoms with van der Waals surface area (Å²) in [5.41, 5.74) is 10.6. The van der Waals surface area contributed by atoms with E-state index in [4.69, 9.17) is 11.5 Å². The lowest BCUT2D eigenvalue weighted by molar-refractivity contribution is -0.143. The molecule has 4 atom stereocenters. The highest BCUT2D eigenvalue weighted by Crippen LogP contribution is 2.06. The fourth-order valence-electron chi connectivity index (χ4n) is 2.33. The van der Waals surface area contributed by atoms with Crippen LogP contribution < -0.4 is 27.4 Å². The Morgan fingerprint density at radius 3 is 1.72 bits per heavy atom. The van der Waals surface area contributed by atoms with Crippen LogP contribution in [-0.2, 0) is 24.0 Å². The Morgan fingerprint density at radius 2 is 1.34 bits per heavy atom. The lowest BCUT2D eigenvalue weighted by Crippen LogP contribution is -2.59. The van der Waals surface area contributed by atoms with Crippen molar-refractivity contribution in [2.75, 3.05) is 5.75 Å². The molecular weight excluding hydrogens is 402 g/mol. The molecule has 0 bridgehead atoms. The molecule has 0 radical (unpaired) electrons. The van der Waals surface area contributed by atoms with Gasteiger partial charge in [-0.1, -0.05) is 27.7 Å². The van der Waals surface area contributed by atoms with Gasteiger partial charge in [0.05, 0.1) is 12.5 Å². The van der Waals surface area contributed by atoms with Crippen LogP contribution in [0, 0.1) is 11.8 Å². The molecular formula is C17H31N5O6S. The number of aliphatic carboxylic acids is 1. The van der Waals surface area contributed by atoms with Crippen molar-refractivity contribution in [1.29, 1.82) is 0 Å². The van der Waals surface area contributed by atoms with E-state index in [-0.39, 0.29) is 24.0 Å². The first-order valence-electron chi connectivity index (χ1n) is 9.10. The Labute approximate surface area is 175 Å². The summed E-state index contributed by atoms with van der Waals surface area (Å²) in [6, 6.07) is -4.51. The van der Waals surface area contributed by atoms with Crippen LogP contribution in [0.3, 0.4) is 0 Å². The minimum Gasteiger partial charge on any atom is -0.480 e. The third-order valence-corrected chi connectivity index (χ3v) is 4.42. The summed E-state index contributed by atoms with van der Waals surface area (Å²) in [6.45, 7) is 6.60. The molecule has 0 fully saturated rings. The topological polar surface area (TPSA) is 194 Å². The summed E-state index contributed by atoms with van der Waals surface area (Å²) >= 11 is 4.03. The lowest BCUT2D eigenvalue weighted by atomic mass is 10.0. The summed E-state index contributed by atoms with van der Waals surface area (Å²) in [5, 5.41) is 16.4. The normalized spacial score (nSPS) is 15.2. The summed E-state index contributed by atoms with van der Waals surface area (Å²) in [4.78, 5) is 59.2. The Kier molecular flexibility index (Phi) is 11.3. The zero-order valence-corrected chi connectivity index (χ0v) is 17.9. The molecule has 0 aromatic carbocycles. The van der Waals surface area contributed by atoms with E-state index in [9.17, 15) is 29.1 Å². The average molecular weight is 434 g/mol. The average Bonchev–Trinajstić information content (AvgIpc) is 2.59. The molecule has 4 unspecified atom stereocenters. The first-order chi connectivity index (χ1) is 13.3. The summed E-state index contributed by atoms with van der Waals surface area (Å²) in [5.74, 6) is -4.93. The Morgan fingerprint density at radius 1 is 0.862 bits per heavy atom. The molecule has 12 heteroatoms. The monoisotopic (exact) mass is 433 g/mol. The van der Waals surface area contributed by atoms with Crippen molar-refractivity contribution in [1.82, 2.24) is 16.0 Å². The molecule has 0 aromatic rings. The molecule has 166 valence electrons. The number of amides is 4. The van der Waals surface area contributed by atoms with Gasteiger partial charge in [0, 0.05) is 5.75 Å². The van der Waals surface area contributed by atoms with Gasteiger partial charge in [-0.2, -0.15) is 12.6 Å². The smallest absolute Gasteiger partial charge is 0.326 e. The Hall–Kier alpha value is -2.34. The highest BCUT2D eigenvalue weighted by molar-refractivity contribution is 7.80.